The van der Waals surface area contributed by atoms with Gasteiger partial charge in [-0.05, 0) is 39.0 Å². The first-order valence-corrected chi connectivity index (χ1v) is 6.14. The maximum absolute atomic E-state index is 11.9. The van der Waals surface area contributed by atoms with Crippen LogP contribution in [0.25, 0.3) is 6.08 Å². The van der Waals surface area contributed by atoms with Crippen molar-refractivity contribution >= 4 is 23.8 Å². The summed E-state index contributed by atoms with van der Waals surface area (Å²) in [5.74, 6) is -0.144. The van der Waals surface area contributed by atoms with Gasteiger partial charge in [0.2, 0.25) is 0 Å². The number of primary amides is 1. The van der Waals surface area contributed by atoms with Gasteiger partial charge < -0.3 is 10.7 Å². The molecule has 0 unspecified atom stereocenters. The quantitative estimate of drug-likeness (QED) is 0.666. The fourth-order valence-electron chi connectivity index (χ4n) is 1.97. The highest BCUT2D eigenvalue weighted by molar-refractivity contribution is 6.29. The molecule has 4 N–H and O–H groups in total. The number of nitrogens with two attached hydrogens (primary N) is 1. The van der Waals surface area contributed by atoms with Gasteiger partial charge in [0.25, 0.3) is 5.91 Å². The van der Waals surface area contributed by atoms with Gasteiger partial charge >= 0.3 is 6.03 Å². The van der Waals surface area contributed by atoms with Gasteiger partial charge in [-0.3, -0.25) is 9.69 Å². The third kappa shape index (κ3) is 2.56. The summed E-state index contributed by atoms with van der Waals surface area (Å²) in [7, 11) is 0. The number of aromatic nitrogens is 1. The minimum Gasteiger partial charge on any atom is -0.362 e. The summed E-state index contributed by atoms with van der Waals surface area (Å²) in [6.07, 6.45) is 3.37. The number of carbonyl (C=O) groups excluding carboxylic acids is 2. The number of aromatic amines is 1. The molecule has 1 aromatic rings. The lowest BCUT2D eigenvalue weighted by Crippen LogP contribution is -2.52. The van der Waals surface area contributed by atoms with E-state index in [2.05, 4.69) is 15.5 Å². The van der Waals surface area contributed by atoms with E-state index in [0.29, 0.717) is 5.57 Å². The first kappa shape index (κ1) is 13.9. The summed E-state index contributed by atoms with van der Waals surface area (Å²) in [5, 5.41) is 3.93. The van der Waals surface area contributed by atoms with Gasteiger partial charge in [-0.1, -0.05) is 0 Å². The molecule has 1 aromatic heterocycles. The van der Waals surface area contributed by atoms with Crippen molar-refractivity contribution in [3.05, 3.63) is 29.6 Å². The first-order chi connectivity index (χ1) is 9.30. The highest BCUT2D eigenvalue weighted by atomic mass is 16.2. The van der Waals surface area contributed by atoms with E-state index in [1.807, 2.05) is 32.9 Å². The number of nitrogens with zero attached hydrogens (tertiary/aromatic N) is 2. The Balaban J connectivity index is 2.44. The molecule has 0 fully saturated rings. The molecule has 0 aliphatic carbocycles. The van der Waals surface area contributed by atoms with Crippen LogP contribution in [0.3, 0.4) is 0 Å². The molecule has 0 aromatic carbocycles. The van der Waals surface area contributed by atoms with E-state index in [0.717, 1.165) is 5.69 Å². The molecule has 0 atom stereocenters. The Hall–Kier alpha value is -2.57. The van der Waals surface area contributed by atoms with Crippen molar-refractivity contribution in [1.82, 2.24) is 15.3 Å². The van der Waals surface area contributed by atoms with E-state index in [9.17, 15) is 9.59 Å². The smallest absolute Gasteiger partial charge is 0.321 e. The normalized spacial score (nSPS) is 17.1. The Bertz CT molecular complexity index is 593. The standard InChI is InChI=1S/C13H17N5O2/c1-13(2,3)18(12(14)20)10-9(11(19)17-16-10)7-8-5-4-6-15-8/h4-7,15H,1-3H3,(H2,14,20)(H,17,19)/b9-7+. The molecule has 106 valence electrons. The highest BCUT2D eigenvalue weighted by Crippen LogP contribution is 2.21. The van der Waals surface area contributed by atoms with Crippen LogP contribution < -0.4 is 11.2 Å². The maximum atomic E-state index is 11.9. The Morgan fingerprint density at radius 1 is 1.45 bits per heavy atom. The molecule has 0 saturated heterocycles. The molecule has 1 aliphatic heterocycles. The predicted molar refractivity (Wildman–Crippen MR) is 75.5 cm³/mol. The molecule has 20 heavy (non-hydrogen) atoms. The molecular weight excluding hydrogens is 258 g/mol. The molecule has 3 amide bonds. The number of urea groups is 1. The number of hydrazone groups is 1. The van der Waals surface area contributed by atoms with Gasteiger partial charge in [0.1, 0.15) is 0 Å². The summed E-state index contributed by atoms with van der Waals surface area (Å²) >= 11 is 0. The van der Waals surface area contributed by atoms with Crippen LogP contribution >= 0.6 is 0 Å². The van der Waals surface area contributed by atoms with Crippen molar-refractivity contribution in [3.63, 3.8) is 0 Å². The van der Waals surface area contributed by atoms with Gasteiger partial charge in [0, 0.05) is 17.4 Å². The monoisotopic (exact) mass is 275 g/mol. The van der Waals surface area contributed by atoms with Gasteiger partial charge in [-0.25, -0.2) is 10.2 Å². The summed E-state index contributed by atoms with van der Waals surface area (Å²) in [4.78, 5) is 27.8. The SMILES string of the molecule is CC(C)(C)N(C(N)=O)C1=NNC(=O)/C1=C/c1ccc[nH]1. The van der Waals surface area contributed by atoms with Crippen LogP contribution in [-0.2, 0) is 4.79 Å². The van der Waals surface area contributed by atoms with Crippen LogP contribution in [-0.4, -0.2) is 33.2 Å². The van der Waals surface area contributed by atoms with Crippen molar-refractivity contribution in [1.29, 1.82) is 0 Å². The van der Waals surface area contributed by atoms with E-state index < -0.39 is 11.6 Å². The number of amides is 3. The average molecular weight is 275 g/mol. The minimum absolute atomic E-state index is 0.226. The summed E-state index contributed by atoms with van der Waals surface area (Å²) < 4.78 is 0. The van der Waals surface area contributed by atoms with Gasteiger partial charge in [-0.2, -0.15) is 5.10 Å². The van der Waals surface area contributed by atoms with Crippen molar-refractivity contribution in [2.24, 2.45) is 10.8 Å². The Morgan fingerprint density at radius 2 is 2.15 bits per heavy atom. The zero-order valence-corrected chi connectivity index (χ0v) is 11.6. The van der Waals surface area contributed by atoms with Crippen LogP contribution in [0, 0.1) is 0 Å². The van der Waals surface area contributed by atoms with Crippen LogP contribution in [0.2, 0.25) is 0 Å². The molecule has 0 radical (unpaired) electrons. The number of amidine groups is 1. The minimum atomic E-state index is -0.662. The zero-order chi connectivity index (χ0) is 14.9. The lowest BCUT2D eigenvalue weighted by Gasteiger charge is -2.33. The maximum Gasteiger partial charge on any atom is 0.321 e. The number of carbonyl (C=O) groups is 2. The van der Waals surface area contributed by atoms with E-state index in [-0.39, 0.29) is 11.7 Å². The molecule has 2 rings (SSSR count). The zero-order valence-electron chi connectivity index (χ0n) is 11.6. The van der Waals surface area contributed by atoms with Crippen molar-refractivity contribution in [3.8, 4) is 0 Å². The molecule has 0 spiro atoms. The highest BCUT2D eigenvalue weighted by Gasteiger charge is 2.36. The van der Waals surface area contributed by atoms with Crippen molar-refractivity contribution in [2.75, 3.05) is 0 Å². The summed E-state index contributed by atoms with van der Waals surface area (Å²) in [6.45, 7) is 5.44. The lowest BCUT2D eigenvalue weighted by molar-refractivity contribution is -0.116. The number of nitrogens with one attached hydrogen (secondary N) is 2. The summed E-state index contributed by atoms with van der Waals surface area (Å²) in [5.41, 5.74) is 8.21. The number of rotatable bonds is 1. The molecule has 1 aliphatic rings. The van der Waals surface area contributed by atoms with Gasteiger partial charge in [0.15, 0.2) is 5.84 Å². The van der Waals surface area contributed by atoms with Crippen LogP contribution in [0.5, 0.6) is 0 Å². The van der Waals surface area contributed by atoms with Gasteiger partial charge in [0.05, 0.1) is 5.57 Å². The Labute approximate surface area is 116 Å². The third-order valence-corrected chi connectivity index (χ3v) is 2.77. The lowest BCUT2D eigenvalue weighted by atomic mass is 10.0. The summed E-state index contributed by atoms with van der Waals surface area (Å²) in [6, 6.07) is 2.96. The fraction of sp³-hybridized carbons (Fsp3) is 0.308. The average Bonchev–Trinajstić information content (AvgIpc) is 2.91. The van der Waals surface area contributed by atoms with E-state index in [4.69, 9.17) is 5.73 Å². The number of hydrogen-bond donors (Lipinski definition) is 3. The third-order valence-electron chi connectivity index (χ3n) is 2.77. The fourth-order valence-corrected chi connectivity index (χ4v) is 1.97. The number of H-pyrrole nitrogens is 1. The van der Waals surface area contributed by atoms with E-state index in [1.54, 1.807) is 12.3 Å². The van der Waals surface area contributed by atoms with Crippen molar-refractivity contribution in [2.45, 2.75) is 26.3 Å². The molecule has 7 nitrogen and oxygen atoms in total. The van der Waals surface area contributed by atoms with E-state index in [1.165, 1.54) is 4.90 Å². The second-order valence-corrected chi connectivity index (χ2v) is 5.40. The van der Waals surface area contributed by atoms with Crippen LogP contribution in [0.15, 0.2) is 29.0 Å². The van der Waals surface area contributed by atoms with Gasteiger partial charge in [-0.15, -0.1) is 0 Å². The molecular formula is C13H17N5O2. The predicted octanol–water partition coefficient (Wildman–Crippen LogP) is 1.02. The molecule has 0 saturated carbocycles. The molecule has 2 heterocycles. The molecule has 7 heteroatoms. The van der Waals surface area contributed by atoms with Crippen LogP contribution in [0.1, 0.15) is 26.5 Å². The molecule has 0 bridgehead atoms. The second-order valence-electron chi connectivity index (χ2n) is 5.40. The first-order valence-electron chi connectivity index (χ1n) is 6.14. The van der Waals surface area contributed by atoms with E-state index >= 15 is 0 Å². The topological polar surface area (TPSA) is 104 Å². The second kappa shape index (κ2) is 4.84. The van der Waals surface area contributed by atoms with Crippen molar-refractivity contribution < 1.29 is 9.59 Å². The number of hydrogen-bond acceptors (Lipinski definition) is 3. The van der Waals surface area contributed by atoms with Crippen LogP contribution in [0.4, 0.5) is 4.79 Å². The Kier molecular flexibility index (Phi) is 3.35. The largest absolute Gasteiger partial charge is 0.362 e. The Morgan fingerprint density at radius 3 is 2.65 bits per heavy atom.